The summed E-state index contributed by atoms with van der Waals surface area (Å²) in [5.74, 6) is -0.902. The van der Waals surface area contributed by atoms with Gasteiger partial charge in [-0.2, -0.15) is 4.31 Å². The molecular formula is C30H33Cl2N5O6S. The van der Waals surface area contributed by atoms with Crippen LogP contribution in [0.1, 0.15) is 19.4 Å². The molecule has 5 rings (SSSR count). The van der Waals surface area contributed by atoms with Gasteiger partial charge >= 0.3 is 6.09 Å². The highest BCUT2D eigenvalue weighted by Crippen LogP contribution is 2.34. The summed E-state index contributed by atoms with van der Waals surface area (Å²) in [6.07, 6.45) is 5.45. The fraction of sp³-hybridized carbons (Fsp3) is 0.367. The summed E-state index contributed by atoms with van der Waals surface area (Å²) in [6, 6.07) is 10.4. The average Bonchev–Trinajstić information content (AvgIpc) is 2.99. The number of carbonyl (C=O) groups excluding carboxylic acids is 3. The van der Waals surface area contributed by atoms with Crippen LogP contribution in [0.2, 0.25) is 10.0 Å². The van der Waals surface area contributed by atoms with Crippen molar-refractivity contribution in [2.75, 3.05) is 26.2 Å². The Morgan fingerprint density at radius 1 is 1.05 bits per heavy atom. The van der Waals surface area contributed by atoms with E-state index >= 15 is 0 Å². The number of piperazine rings is 1. The van der Waals surface area contributed by atoms with Crippen LogP contribution in [0.5, 0.6) is 0 Å². The molecule has 3 aliphatic heterocycles. The number of fused-ring (bicyclic) bond motifs is 1. The van der Waals surface area contributed by atoms with Gasteiger partial charge in [-0.25, -0.2) is 13.2 Å². The first-order valence-corrected chi connectivity index (χ1v) is 16.3. The average molecular weight is 663 g/mol. The minimum absolute atomic E-state index is 0.0540. The van der Waals surface area contributed by atoms with Crippen LogP contribution in [-0.2, 0) is 31.0 Å². The molecule has 2 saturated heterocycles. The molecule has 0 spiro atoms. The number of halogens is 2. The Bertz CT molecular complexity index is 1590. The minimum Gasteiger partial charge on any atom is -0.445 e. The van der Waals surface area contributed by atoms with Crippen LogP contribution in [0.15, 0.2) is 77.9 Å². The Balaban J connectivity index is 1.52. The second-order valence-corrected chi connectivity index (χ2v) is 13.7. The third-order valence-corrected chi connectivity index (χ3v) is 10.3. The van der Waals surface area contributed by atoms with Gasteiger partial charge in [-0.3, -0.25) is 9.59 Å². The zero-order valence-electron chi connectivity index (χ0n) is 24.2. The predicted octanol–water partition coefficient (Wildman–Crippen LogP) is 3.45. The number of rotatable bonds is 8. The fourth-order valence-electron chi connectivity index (χ4n) is 5.54. The van der Waals surface area contributed by atoms with Gasteiger partial charge in [0.15, 0.2) is 0 Å². The molecule has 44 heavy (non-hydrogen) atoms. The maximum Gasteiger partial charge on any atom is 0.408 e. The molecule has 2 aromatic carbocycles. The van der Waals surface area contributed by atoms with Crippen molar-refractivity contribution in [3.63, 3.8) is 0 Å². The lowest BCUT2D eigenvalue weighted by molar-refractivity contribution is -0.169. The zero-order chi connectivity index (χ0) is 31.6. The number of carbonyl (C=O) groups is 3. The number of nitrogens with zero attached hydrogens (tertiary/aromatic N) is 4. The van der Waals surface area contributed by atoms with Gasteiger partial charge in [0.25, 0.3) is 0 Å². The molecule has 2 aromatic rings. The minimum atomic E-state index is -4.37. The van der Waals surface area contributed by atoms with Crippen molar-refractivity contribution in [1.29, 1.82) is 0 Å². The number of hydrogen-bond donors (Lipinski definition) is 1. The molecule has 0 aliphatic carbocycles. The van der Waals surface area contributed by atoms with Gasteiger partial charge in [0.05, 0.1) is 11.6 Å². The highest BCUT2D eigenvalue weighted by Gasteiger charge is 2.54. The molecule has 14 heteroatoms. The van der Waals surface area contributed by atoms with Gasteiger partial charge in [0.2, 0.25) is 21.8 Å². The van der Waals surface area contributed by atoms with Crippen LogP contribution in [0, 0.1) is 0 Å². The third-order valence-electron chi connectivity index (χ3n) is 7.73. The molecule has 0 aromatic heterocycles. The van der Waals surface area contributed by atoms with E-state index in [0.29, 0.717) is 6.54 Å². The molecule has 3 unspecified atom stereocenters. The molecule has 0 bridgehead atoms. The first-order chi connectivity index (χ1) is 21.0. The summed E-state index contributed by atoms with van der Waals surface area (Å²) in [5, 5.41) is 2.70. The van der Waals surface area contributed by atoms with Gasteiger partial charge in [-0.1, -0.05) is 65.7 Å². The maximum atomic E-state index is 14.3. The van der Waals surface area contributed by atoms with Crippen LogP contribution < -0.4 is 5.32 Å². The molecule has 11 nitrogen and oxygen atoms in total. The number of nitrogens with one attached hydrogen (secondary N) is 1. The van der Waals surface area contributed by atoms with Crippen LogP contribution in [0.25, 0.3) is 0 Å². The zero-order valence-corrected chi connectivity index (χ0v) is 26.5. The van der Waals surface area contributed by atoms with E-state index in [1.165, 1.54) is 23.1 Å². The summed E-state index contributed by atoms with van der Waals surface area (Å²) in [5.41, 5.74) is 0.735. The van der Waals surface area contributed by atoms with Crippen molar-refractivity contribution in [3.8, 4) is 0 Å². The SMILES string of the molecule is CC(C)N1CC2N(C(=O)C(NC(=O)OCc3ccccc3)CN2S(=O)(=O)c2ccc(Cl)cc2Cl)C(CN2C=CC=CC2)C1=O. The number of amides is 3. The topological polar surface area (TPSA) is 120 Å². The quantitative estimate of drug-likeness (QED) is 0.460. The van der Waals surface area contributed by atoms with Gasteiger partial charge in [-0.05, 0) is 49.9 Å². The third kappa shape index (κ3) is 6.58. The van der Waals surface area contributed by atoms with E-state index < -0.39 is 46.8 Å². The van der Waals surface area contributed by atoms with Crippen molar-refractivity contribution in [2.45, 2.75) is 49.6 Å². The smallest absolute Gasteiger partial charge is 0.408 e. The van der Waals surface area contributed by atoms with Crippen molar-refractivity contribution < 1.29 is 27.5 Å². The largest absolute Gasteiger partial charge is 0.445 e. The number of allylic oxidation sites excluding steroid dienone is 2. The number of ether oxygens (including phenoxy) is 1. The molecule has 3 atom stereocenters. The molecule has 1 N–H and O–H groups in total. The van der Waals surface area contributed by atoms with E-state index in [0.717, 1.165) is 9.87 Å². The second kappa shape index (κ2) is 13.2. The van der Waals surface area contributed by atoms with Crippen molar-refractivity contribution in [2.24, 2.45) is 0 Å². The Morgan fingerprint density at radius 3 is 2.45 bits per heavy atom. The molecule has 3 amide bonds. The Hall–Kier alpha value is -3.58. The first kappa shape index (κ1) is 31.8. The Morgan fingerprint density at radius 2 is 1.80 bits per heavy atom. The highest BCUT2D eigenvalue weighted by atomic mass is 35.5. The monoisotopic (exact) mass is 661 g/mol. The molecule has 234 valence electrons. The lowest BCUT2D eigenvalue weighted by Crippen LogP contribution is -2.77. The van der Waals surface area contributed by atoms with Gasteiger partial charge in [-0.15, -0.1) is 0 Å². The van der Waals surface area contributed by atoms with Crippen molar-refractivity contribution >= 4 is 51.1 Å². The maximum absolute atomic E-state index is 14.3. The lowest BCUT2D eigenvalue weighted by atomic mass is 10.0. The van der Waals surface area contributed by atoms with Gasteiger partial charge in [0, 0.05) is 30.7 Å². The summed E-state index contributed by atoms with van der Waals surface area (Å²) < 4.78 is 35.0. The lowest BCUT2D eigenvalue weighted by Gasteiger charge is -2.54. The molecule has 0 saturated carbocycles. The van der Waals surface area contributed by atoms with Gasteiger partial charge in [0.1, 0.15) is 29.8 Å². The summed E-state index contributed by atoms with van der Waals surface area (Å²) in [7, 11) is -4.37. The standard InChI is InChI=1S/C30H33Cl2N5O6S/c1-20(2)35-18-27-36(44(41,42)26-12-11-22(31)15-23(26)32)16-24(33-30(40)43-19-21-9-5-3-6-10-21)28(38)37(27)25(29(35)39)17-34-13-7-4-8-14-34/h3-13,15,20,24-25,27H,14,16-19H2,1-2H3,(H,33,40). The van der Waals surface area contributed by atoms with E-state index in [1.54, 1.807) is 29.2 Å². The van der Waals surface area contributed by atoms with Crippen LogP contribution >= 0.6 is 23.2 Å². The predicted molar refractivity (Wildman–Crippen MR) is 165 cm³/mol. The van der Waals surface area contributed by atoms with Gasteiger partial charge < -0.3 is 24.8 Å². The highest BCUT2D eigenvalue weighted by molar-refractivity contribution is 7.89. The fourth-order valence-corrected chi connectivity index (χ4v) is 7.87. The normalized spacial score (nSPS) is 22.4. The van der Waals surface area contributed by atoms with E-state index in [1.807, 2.05) is 49.2 Å². The van der Waals surface area contributed by atoms with E-state index in [2.05, 4.69) is 5.32 Å². The number of hydrogen-bond acceptors (Lipinski definition) is 7. The van der Waals surface area contributed by atoms with E-state index in [9.17, 15) is 22.8 Å². The Kier molecular flexibility index (Phi) is 9.54. The molecule has 3 heterocycles. The summed E-state index contributed by atoms with van der Waals surface area (Å²) >= 11 is 12.4. The van der Waals surface area contributed by atoms with Crippen LogP contribution in [-0.4, -0.2) is 95.8 Å². The van der Waals surface area contributed by atoms with Crippen LogP contribution in [0.3, 0.4) is 0 Å². The van der Waals surface area contributed by atoms with Crippen molar-refractivity contribution in [3.05, 3.63) is 88.6 Å². The number of benzene rings is 2. The van der Waals surface area contributed by atoms with E-state index in [4.69, 9.17) is 27.9 Å². The second-order valence-electron chi connectivity index (χ2n) is 11.0. The Labute approximate surface area is 266 Å². The first-order valence-electron chi connectivity index (χ1n) is 14.1. The molecular weight excluding hydrogens is 629 g/mol. The molecule has 2 fully saturated rings. The number of alkyl carbamates (subject to hydrolysis) is 1. The molecule has 3 aliphatic rings. The summed E-state index contributed by atoms with van der Waals surface area (Å²) in [4.78, 5) is 45.5. The van der Waals surface area contributed by atoms with Crippen LogP contribution in [0.4, 0.5) is 4.79 Å². The molecule has 0 radical (unpaired) electrons. The number of sulfonamides is 1. The van der Waals surface area contributed by atoms with Crippen molar-refractivity contribution in [1.82, 2.24) is 24.3 Å². The summed E-state index contributed by atoms with van der Waals surface area (Å²) in [6.45, 7) is 3.77. The van der Waals surface area contributed by atoms with E-state index in [-0.39, 0.29) is 46.6 Å².